The molecule has 114 valence electrons. The fourth-order valence-electron chi connectivity index (χ4n) is 3.00. The maximum atomic E-state index is 3.59. The molecule has 0 aliphatic carbocycles. The van der Waals surface area contributed by atoms with Crippen LogP contribution in [0.1, 0.15) is 46.5 Å². The SMILES string of the molecule is CCCNC(C)CC(C)N(C)CC1CCN(C)CC1. The van der Waals surface area contributed by atoms with E-state index < -0.39 is 0 Å². The van der Waals surface area contributed by atoms with Gasteiger partial charge in [0.2, 0.25) is 0 Å². The van der Waals surface area contributed by atoms with Gasteiger partial charge in [-0.15, -0.1) is 0 Å². The molecule has 0 bridgehead atoms. The van der Waals surface area contributed by atoms with E-state index in [1.165, 1.54) is 45.3 Å². The summed E-state index contributed by atoms with van der Waals surface area (Å²) in [6.07, 6.45) is 5.22. The molecule has 1 saturated heterocycles. The van der Waals surface area contributed by atoms with E-state index in [9.17, 15) is 0 Å². The Morgan fingerprint density at radius 1 is 1.26 bits per heavy atom. The molecule has 1 N–H and O–H groups in total. The van der Waals surface area contributed by atoms with Crippen LogP contribution >= 0.6 is 0 Å². The van der Waals surface area contributed by atoms with Gasteiger partial charge in [0.15, 0.2) is 0 Å². The van der Waals surface area contributed by atoms with Crippen LogP contribution in [0.15, 0.2) is 0 Å². The predicted octanol–water partition coefficient (Wildman–Crippen LogP) is 2.43. The van der Waals surface area contributed by atoms with Gasteiger partial charge in [0.25, 0.3) is 0 Å². The summed E-state index contributed by atoms with van der Waals surface area (Å²) >= 11 is 0. The summed E-state index contributed by atoms with van der Waals surface area (Å²) in [7, 11) is 4.54. The van der Waals surface area contributed by atoms with E-state index in [4.69, 9.17) is 0 Å². The van der Waals surface area contributed by atoms with Crippen LogP contribution in [-0.4, -0.2) is 62.2 Å². The molecule has 1 heterocycles. The molecule has 3 heteroatoms. The molecule has 0 amide bonds. The maximum absolute atomic E-state index is 3.59. The van der Waals surface area contributed by atoms with Crippen LogP contribution < -0.4 is 5.32 Å². The van der Waals surface area contributed by atoms with Gasteiger partial charge in [-0.2, -0.15) is 0 Å². The summed E-state index contributed by atoms with van der Waals surface area (Å²) < 4.78 is 0. The lowest BCUT2D eigenvalue weighted by Gasteiger charge is -2.34. The maximum Gasteiger partial charge on any atom is 0.00787 e. The van der Waals surface area contributed by atoms with Crippen molar-refractivity contribution in [3.05, 3.63) is 0 Å². The van der Waals surface area contributed by atoms with Crippen molar-refractivity contribution in [1.29, 1.82) is 0 Å². The fourth-order valence-corrected chi connectivity index (χ4v) is 3.00. The van der Waals surface area contributed by atoms with Crippen LogP contribution in [0, 0.1) is 5.92 Å². The highest BCUT2D eigenvalue weighted by Gasteiger charge is 2.20. The Kier molecular flexibility index (Phi) is 7.96. The van der Waals surface area contributed by atoms with Crippen molar-refractivity contribution in [2.75, 3.05) is 40.3 Å². The standard InChI is InChI=1S/C16H35N3/c1-6-9-17-14(2)12-15(3)19(5)13-16-7-10-18(4)11-8-16/h14-17H,6-13H2,1-5H3. The zero-order valence-electron chi connectivity index (χ0n) is 13.8. The van der Waals surface area contributed by atoms with Crippen LogP contribution in [-0.2, 0) is 0 Å². The Morgan fingerprint density at radius 2 is 1.89 bits per heavy atom. The number of rotatable bonds is 8. The van der Waals surface area contributed by atoms with Crippen molar-refractivity contribution in [3.63, 3.8) is 0 Å². The number of likely N-dealkylation sites (tertiary alicyclic amines) is 1. The highest BCUT2D eigenvalue weighted by atomic mass is 15.1. The Hall–Kier alpha value is -0.120. The van der Waals surface area contributed by atoms with Crippen molar-refractivity contribution in [2.45, 2.75) is 58.5 Å². The number of nitrogens with zero attached hydrogens (tertiary/aromatic N) is 2. The summed E-state index contributed by atoms with van der Waals surface area (Å²) in [5, 5.41) is 3.59. The van der Waals surface area contributed by atoms with Gasteiger partial charge in [0.05, 0.1) is 0 Å². The molecule has 0 aromatic carbocycles. The Balaban J connectivity index is 2.22. The van der Waals surface area contributed by atoms with Crippen LogP contribution in [0.3, 0.4) is 0 Å². The van der Waals surface area contributed by atoms with Gasteiger partial charge in [0, 0.05) is 18.6 Å². The highest BCUT2D eigenvalue weighted by Crippen LogP contribution is 2.18. The Labute approximate surface area is 120 Å². The second kappa shape index (κ2) is 8.93. The average molecular weight is 269 g/mol. The van der Waals surface area contributed by atoms with Gasteiger partial charge < -0.3 is 15.1 Å². The lowest BCUT2D eigenvalue weighted by atomic mass is 9.96. The van der Waals surface area contributed by atoms with E-state index >= 15 is 0 Å². The first-order valence-electron chi connectivity index (χ1n) is 8.15. The largest absolute Gasteiger partial charge is 0.314 e. The van der Waals surface area contributed by atoms with Gasteiger partial charge >= 0.3 is 0 Å². The van der Waals surface area contributed by atoms with Gasteiger partial charge in [-0.05, 0) is 79.2 Å². The third-order valence-corrected chi connectivity index (χ3v) is 4.57. The molecule has 2 atom stereocenters. The molecule has 0 radical (unpaired) electrons. The van der Waals surface area contributed by atoms with Crippen LogP contribution in [0.25, 0.3) is 0 Å². The lowest BCUT2D eigenvalue weighted by Crippen LogP contribution is -2.41. The minimum atomic E-state index is 0.634. The van der Waals surface area contributed by atoms with E-state index in [1.54, 1.807) is 0 Å². The molecular weight excluding hydrogens is 234 g/mol. The molecule has 2 unspecified atom stereocenters. The first kappa shape index (κ1) is 16.9. The summed E-state index contributed by atoms with van der Waals surface area (Å²) in [6.45, 7) is 11.9. The third-order valence-electron chi connectivity index (χ3n) is 4.57. The van der Waals surface area contributed by atoms with Crippen LogP contribution in [0.5, 0.6) is 0 Å². The molecule has 19 heavy (non-hydrogen) atoms. The molecular formula is C16H35N3. The minimum Gasteiger partial charge on any atom is -0.314 e. The third kappa shape index (κ3) is 6.73. The van der Waals surface area contributed by atoms with Crippen molar-refractivity contribution in [2.24, 2.45) is 5.92 Å². The van der Waals surface area contributed by atoms with Crippen molar-refractivity contribution in [1.82, 2.24) is 15.1 Å². The molecule has 1 fully saturated rings. The van der Waals surface area contributed by atoms with Gasteiger partial charge in [0.1, 0.15) is 0 Å². The first-order chi connectivity index (χ1) is 9.02. The zero-order chi connectivity index (χ0) is 14.3. The molecule has 0 saturated carbocycles. The first-order valence-corrected chi connectivity index (χ1v) is 8.15. The summed E-state index contributed by atoms with van der Waals surface area (Å²) in [5.41, 5.74) is 0. The molecule has 0 aromatic heterocycles. The molecule has 1 aliphatic rings. The molecule has 1 rings (SSSR count). The normalized spacial score (nSPS) is 21.8. The topological polar surface area (TPSA) is 18.5 Å². The van der Waals surface area contributed by atoms with Crippen molar-refractivity contribution in [3.8, 4) is 0 Å². The van der Waals surface area contributed by atoms with E-state index in [0.29, 0.717) is 12.1 Å². The van der Waals surface area contributed by atoms with Crippen molar-refractivity contribution < 1.29 is 0 Å². The fraction of sp³-hybridized carbons (Fsp3) is 1.00. The zero-order valence-corrected chi connectivity index (χ0v) is 13.8. The average Bonchev–Trinajstić information content (AvgIpc) is 2.39. The van der Waals surface area contributed by atoms with Crippen LogP contribution in [0.4, 0.5) is 0 Å². The predicted molar refractivity (Wildman–Crippen MR) is 84.7 cm³/mol. The number of hydrogen-bond donors (Lipinski definition) is 1. The Morgan fingerprint density at radius 3 is 2.47 bits per heavy atom. The van der Waals surface area contributed by atoms with Crippen LogP contribution in [0.2, 0.25) is 0 Å². The number of hydrogen-bond acceptors (Lipinski definition) is 3. The van der Waals surface area contributed by atoms with E-state index in [2.05, 4.69) is 50.0 Å². The number of nitrogens with one attached hydrogen (secondary N) is 1. The molecule has 0 aromatic rings. The summed E-state index contributed by atoms with van der Waals surface area (Å²) in [4.78, 5) is 5.02. The second-order valence-electron chi connectivity index (χ2n) is 6.63. The lowest BCUT2D eigenvalue weighted by molar-refractivity contribution is 0.147. The van der Waals surface area contributed by atoms with Gasteiger partial charge in [-0.25, -0.2) is 0 Å². The highest BCUT2D eigenvalue weighted by molar-refractivity contribution is 4.76. The smallest absolute Gasteiger partial charge is 0.00787 e. The van der Waals surface area contributed by atoms with E-state index in [-0.39, 0.29) is 0 Å². The minimum absolute atomic E-state index is 0.634. The van der Waals surface area contributed by atoms with E-state index in [1.807, 2.05) is 0 Å². The van der Waals surface area contributed by atoms with E-state index in [0.717, 1.165) is 12.5 Å². The van der Waals surface area contributed by atoms with Gasteiger partial charge in [-0.1, -0.05) is 6.92 Å². The second-order valence-corrected chi connectivity index (χ2v) is 6.63. The number of piperidine rings is 1. The summed E-state index contributed by atoms with van der Waals surface area (Å²) in [6, 6.07) is 1.31. The molecule has 1 aliphatic heterocycles. The van der Waals surface area contributed by atoms with Crippen molar-refractivity contribution >= 4 is 0 Å². The van der Waals surface area contributed by atoms with Gasteiger partial charge in [-0.3, -0.25) is 0 Å². The Bertz CT molecular complexity index is 224. The monoisotopic (exact) mass is 269 g/mol. The molecule has 3 nitrogen and oxygen atoms in total. The summed E-state index contributed by atoms with van der Waals surface area (Å²) in [5.74, 6) is 0.905. The quantitative estimate of drug-likeness (QED) is 0.730. The molecule has 0 spiro atoms.